The summed E-state index contributed by atoms with van der Waals surface area (Å²) < 4.78 is 13.1. The second-order valence-electron chi connectivity index (χ2n) is 9.00. The predicted molar refractivity (Wildman–Crippen MR) is 130 cm³/mol. The minimum Gasteiger partial charge on any atom is -0.370 e. The molecule has 2 saturated heterocycles. The van der Waals surface area contributed by atoms with Crippen LogP contribution in [-0.4, -0.2) is 66.6 Å². The van der Waals surface area contributed by atoms with Crippen LogP contribution in [0, 0.1) is 11.7 Å². The molecule has 0 radical (unpaired) electrons. The third-order valence-electron chi connectivity index (χ3n) is 6.74. The molecule has 4 rings (SSSR count). The third-order valence-corrected chi connectivity index (χ3v) is 6.74. The predicted octanol–water partition coefficient (Wildman–Crippen LogP) is 3.78. The molecule has 2 aliphatic heterocycles. The van der Waals surface area contributed by atoms with Gasteiger partial charge in [0.2, 0.25) is 5.91 Å². The molecule has 3 heterocycles. The fourth-order valence-electron chi connectivity index (χ4n) is 4.67. The van der Waals surface area contributed by atoms with E-state index in [0.717, 1.165) is 88.8 Å². The summed E-state index contributed by atoms with van der Waals surface area (Å²) in [5.41, 5.74) is 1.02. The van der Waals surface area contributed by atoms with E-state index in [1.54, 1.807) is 6.33 Å². The van der Waals surface area contributed by atoms with E-state index in [1.807, 2.05) is 23.1 Å². The molecule has 0 aliphatic carbocycles. The molecule has 0 bridgehead atoms. The molecule has 8 heteroatoms. The van der Waals surface area contributed by atoms with Crippen molar-refractivity contribution in [2.24, 2.45) is 5.92 Å². The molecule has 178 valence electrons. The molecule has 1 aromatic carbocycles. The van der Waals surface area contributed by atoms with Gasteiger partial charge < -0.3 is 20.0 Å². The molecule has 0 spiro atoms. The van der Waals surface area contributed by atoms with Crippen LogP contribution in [0.1, 0.15) is 39.0 Å². The summed E-state index contributed by atoms with van der Waals surface area (Å²) in [4.78, 5) is 28.0. The smallest absolute Gasteiger partial charge is 0.222 e. The number of hydrogen-bond donors (Lipinski definition) is 1. The molecule has 7 nitrogen and oxygen atoms in total. The number of piperidine rings is 1. The van der Waals surface area contributed by atoms with E-state index in [1.165, 1.54) is 12.1 Å². The molecule has 0 atom stereocenters. The Balaban J connectivity index is 1.17. The molecule has 0 unspecified atom stereocenters. The van der Waals surface area contributed by atoms with Crippen LogP contribution in [-0.2, 0) is 4.79 Å². The van der Waals surface area contributed by atoms with Crippen LogP contribution >= 0.6 is 0 Å². The van der Waals surface area contributed by atoms with Gasteiger partial charge in [0.05, 0.1) is 0 Å². The Morgan fingerprint density at radius 3 is 2.45 bits per heavy atom. The topological polar surface area (TPSA) is 64.6 Å². The lowest BCUT2D eigenvalue weighted by Gasteiger charge is -2.37. The lowest BCUT2D eigenvalue weighted by Crippen LogP contribution is -2.48. The van der Waals surface area contributed by atoms with Crippen molar-refractivity contribution in [3.05, 3.63) is 42.5 Å². The zero-order valence-corrected chi connectivity index (χ0v) is 19.5. The van der Waals surface area contributed by atoms with Gasteiger partial charge in [0.15, 0.2) is 0 Å². The van der Waals surface area contributed by atoms with Crippen molar-refractivity contribution in [3.8, 4) is 0 Å². The Hall–Kier alpha value is -2.90. The first-order valence-electron chi connectivity index (χ1n) is 12.2. The number of hydrogen-bond acceptors (Lipinski definition) is 6. The zero-order valence-electron chi connectivity index (χ0n) is 19.5. The minimum atomic E-state index is -0.218. The van der Waals surface area contributed by atoms with Crippen LogP contribution in [0.2, 0.25) is 0 Å². The van der Waals surface area contributed by atoms with E-state index in [-0.39, 0.29) is 11.7 Å². The highest BCUT2D eigenvalue weighted by atomic mass is 19.1. The van der Waals surface area contributed by atoms with E-state index >= 15 is 0 Å². The van der Waals surface area contributed by atoms with Gasteiger partial charge in [-0.15, -0.1) is 0 Å². The number of benzene rings is 1. The summed E-state index contributed by atoms with van der Waals surface area (Å²) in [5.74, 6) is 2.50. The number of carbonyl (C=O) groups is 1. The number of amides is 1. The van der Waals surface area contributed by atoms with Gasteiger partial charge in [-0.05, 0) is 55.9 Å². The van der Waals surface area contributed by atoms with Gasteiger partial charge in [-0.1, -0.05) is 6.92 Å². The summed E-state index contributed by atoms with van der Waals surface area (Å²) in [7, 11) is 0. The highest BCUT2D eigenvalue weighted by molar-refractivity contribution is 5.76. The maximum Gasteiger partial charge on any atom is 0.222 e. The van der Waals surface area contributed by atoms with Crippen molar-refractivity contribution in [2.75, 3.05) is 60.9 Å². The molecule has 2 aromatic rings. The van der Waals surface area contributed by atoms with Crippen molar-refractivity contribution in [3.63, 3.8) is 0 Å². The molecular formula is C25H35FN6O. The number of nitrogens with zero attached hydrogens (tertiary/aromatic N) is 5. The number of piperazine rings is 1. The average Bonchev–Trinajstić information content (AvgIpc) is 2.87. The van der Waals surface area contributed by atoms with E-state index in [2.05, 4.69) is 32.0 Å². The highest BCUT2D eigenvalue weighted by Gasteiger charge is 2.24. The Morgan fingerprint density at radius 2 is 1.76 bits per heavy atom. The number of anilines is 3. The first-order valence-corrected chi connectivity index (χ1v) is 12.2. The van der Waals surface area contributed by atoms with Crippen LogP contribution in [0.4, 0.5) is 21.7 Å². The van der Waals surface area contributed by atoms with E-state index in [9.17, 15) is 9.18 Å². The molecule has 2 fully saturated rings. The van der Waals surface area contributed by atoms with Crippen LogP contribution in [0.15, 0.2) is 36.7 Å². The first kappa shape index (κ1) is 23.3. The number of carbonyl (C=O) groups excluding carboxylic acids is 1. The van der Waals surface area contributed by atoms with Crippen molar-refractivity contribution in [1.29, 1.82) is 0 Å². The largest absolute Gasteiger partial charge is 0.370 e. The molecule has 33 heavy (non-hydrogen) atoms. The normalized spacial score (nSPS) is 17.3. The summed E-state index contributed by atoms with van der Waals surface area (Å²) >= 11 is 0. The number of rotatable bonds is 8. The maximum absolute atomic E-state index is 13.1. The Bertz CT molecular complexity index is 892. The lowest BCUT2D eigenvalue weighted by atomic mass is 9.92. The summed E-state index contributed by atoms with van der Waals surface area (Å²) in [6.45, 7) is 8.05. The summed E-state index contributed by atoms with van der Waals surface area (Å²) in [6, 6.07) is 8.63. The van der Waals surface area contributed by atoms with Crippen molar-refractivity contribution in [2.45, 2.75) is 39.0 Å². The van der Waals surface area contributed by atoms with Gasteiger partial charge in [-0.3, -0.25) is 4.79 Å². The molecule has 2 aliphatic rings. The molecule has 1 N–H and O–H groups in total. The zero-order chi connectivity index (χ0) is 23.0. The van der Waals surface area contributed by atoms with Gasteiger partial charge >= 0.3 is 0 Å². The molecule has 1 amide bonds. The molecular weight excluding hydrogens is 419 g/mol. The van der Waals surface area contributed by atoms with Gasteiger partial charge in [0, 0.05) is 64.0 Å². The molecule has 1 aromatic heterocycles. The standard InChI is InChI=1S/C25H35FN6O/c1-2-11-27-23-18-24(29-19-28-23)31-12-9-20(10-13-31)3-8-25(33)32-16-14-30(15-17-32)22-6-4-21(26)5-7-22/h4-7,18-20H,2-3,8-17H2,1H3,(H,27,28,29). The average molecular weight is 455 g/mol. The SMILES string of the molecule is CCCNc1cc(N2CCC(CCC(=O)N3CCN(c4ccc(F)cc4)CC3)CC2)ncn1. The van der Waals surface area contributed by atoms with Gasteiger partial charge in [0.25, 0.3) is 0 Å². The number of halogens is 1. The lowest BCUT2D eigenvalue weighted by molar-refractivity contribution is -0.131. The third kappa shape index (κ3) is 6.33. The molecule has 0 saturated carbocycles. The second kappa shape index (κ2) is 11.3. The van der Waals surface area contributed by atoms with Crippen molar-refractivity contribution in [1.82, 2.24) is 14.9 Å². The first-order chi connectivity index (χ1) is 16.1. The Morgan fingerprint density at radius 1 is 1.03 bits per heavy atom. The highest BCUT2D eigenvalue weighted by Crippen LogP contribution is 2.26. The fraction of sp³-hybridized carbons (Fsp3) is 0.560. The van der Waals surface area contributed by atoms with Crippen LogP contribution < -0.4 is 15.1 Å². The van der Waals surface area contributed by atoms with Crippen LogP contribution in [0.5, 0.6) is 0 Å². The fourth-order valence-corrected chi connectivity index (χ4v) is 4.67. The minimum absolute atomic E-state index is 0.218. The van der Waals surface area contributed by atoms with Gasteiger partial charge in [-0.2, -0.15) is 0 Å². The summed E-state index contributed by atoms with van der Waals surface area (Å²) in [6.07, 6.45) is 6.46. The quantitative estimate of drug-likeness (QED) is 0.655. The number of aromatic nitrogens is 2. The van der Waals surface area contributed by atoms with Crippen molar-refractivity contribution >= 4 is 23.2 Å². The van der Waals surface area contributed by atoms with Crippen LogP contribution in [0.25, 0.3) is 0 Å². The van der Waals surface area contributed by atoms with E-state index in [0.29, 0.717) is 12.3 Å². The van der Waals surface area contributed by atoms with Crippen LogP contribution in [0.3, 0.4) is 0 Å². The second-order valence-corrected chi connectivity index (χ2v) is 9.00. The van der Waals surface area contributed by atoms with Gasteiger partial charge in [-0.25, -0.2) is 14.4 Å². The maximum atomic E-state index is 13.1. The van der Waals surface area contributed by atoms with E-state index < -0.39 is 0 Å². The van der Waals surface area contributed by atoms with E-state index in [4.69, 9.17) is 0 Å². The van der Waals surface area contributed by atoms with Crippen molar-refractivity contribution < 1.29 is 9.18 Å². The monoisotopic (exact) mass is 454 g/mol. The summed E-state index contributed by atoms with van der Waals surface area (Å²) in [5, 5.41) is 3.32. The van der Waals surface area contributed by atoms with Gasteiger partial charge in [0.1, 0.15) is 23.8 Å². The Kier molecular flexibility index (Phi) is 7.96. The Labute approximate surface area is 196 Å². The number of nitrogens with one attached hydrogen (secondary N) is 1.